The van der Waals surface area contributed by atoms with Crippen LogP contribution in [0.3, 0.4) is 0 Å². The third-order valence-electron chi connectivity index (χ3n) is 4.39. The van der Waals surface area contributed by atoms with E-state index in [9.17, 15) is 4.79 Å². The van der Waals surface area contributed by atoms with Crippen LogP contribution in [0, 0.1) is 0 Å². The molecule has 0 bridgehead atoms. The zero-order chi connectivity index (χ0) is 19.2. The fourth-order valence-electron chi connectivity index (χ4n) is 3.00. The Morgan fingerprint density at radius 3 is 2.85 bits per heavy atom. The van der Waals surface area contributed by atoms with Crippen LogP contribution in [0.4, 0.5) is 5.69 Å². The van der Waals surface area contributed by atoms with Crippen molar-refractivity contribution in [3.63, 3.8) is 0 Å². The molecule has 1 amide bonds. The number of piperazine rings is 1. The van der Waals surface area contributed by atoms with Crippen molar-refractivity contribution >= 4 is 28.9 Å². The van der Waals surface area contributed by atoms with Gasteiger partial charge in [0.15, 0.2) is 5.96 Å². The Kier molecular flexibility index (Phi) is 6.44. The molecule has 0 spiro atoms. The number of hydrogen-bond acceptors (Lipinski definition) is 5. The summed E-state index contributed by atoms with van der Waals surface area (Å²) in [5.41, 5.74) is 1.94. The molecule has 3 rings (SSSR count). The molecule has 0 unspecified atom stereocenters. The van der Waals surface area contributed by atoms with Gasteiger partial charge in [0.1, 0.15) is 6.54 Å². The highest BCUT2D eigenvalue weighted by Crippen LogP contribution is 2.16. The average Bonchev–Trinajstić information content (AvgIpc) is 3.29. The second-order valence-electron chi connectivity index (χ2n) is 6.41. The van der Waals surface area contributed by atoms with Crippen molar-refractivity contribution in [1.29, 1.82) is 0 Å². The molecule has 3 heterocycles. The number of nitrogens with zero attached hydrogens (tertiary/aromatic N) is 6. The van der Waals surface area contributed by atoms with Gasteiger partial charge in [0.25, 0.3) is 0 Å². The third kappa shape index (κ3) is 4.85. The maximum atomic E-state index is 12.6. The summed E-state index contributed by atoms with van der Waals surface area (Å²) in [5, 5.41) is 10.7. The monoisotopic (exact) mass is 389 g/mol. The summed E-state index contributed by atoms with van der Waals surface area (Å²) >= 11 is 1.70. The van der Waals surface area contributed by atoms with Crippen molar-refractivity contribution in [3.8, 4) is 0 Å². The number of hydrogen-bond donors (Lipinski definition) is 1. The highest BCUT2D eigenvalue weighted by atomic mass is 32.1. The maximum absolute atomic E-state index is 12.6. The number of rotatable bonds is 6. The molecule has 0 saturated carbocycles. The van der Waals surface area contributed by atoms with E-state index >= 15 is 0 Å². The Labute approximate surface area is 163 Å². The van der Waals surface area contributed by atoms with Crippen LogP contribution in [0.5, 0.6) is 0 Å². The molecule has 9 heteroatoms. The number of amides is 1. The normalized spacial score (nSPS) is 15.5. The van der Waals surface area contributed by atoms with Crippen molar-refractivity contribution in [3.05, 3.63) is 28.5 Å². The Morgan fingerprint density at radius 1 is 1.37 bits per heavy atom. The minimum absolute atomic E-state index is 0.0620. The molecular weight excluding hydrogens is 362 g/mol. The predicted octanol–water partition coefficient (Wildman–Crippen LogP) is 1.30. The summed E-state index contributed by atoms with van der Waals surface area (Å²) in [6, 6.07) is 0. The predicted molar refractivity (Wildman–Crippen MR) is 108 cm³/mol. The van der Waals surface area contributed by atoms with Gasteiger partial charge in [0, 0.05) is 51.2 Å². The fourth-order valence-corrected chi connectivity index (χ4v) is 3.78. The van der Waals surface area contributed by atoms with E-state index in [1.807, 2.05) is 25.1 Å². The molecule has 0 atom stereocenters. The molecule has 2 aromatic heterocycles. The van der Waals surface area contributed by atoms with Gasteiger partial charge in [-0.25, -0.2) is 4.98 Å². The number of nitrogens with one attached hydrogen (secondary N) is 1. The Hall–Kier alpha value is -2.42. The Morgan fingerprint density at radius 2 is 2.22 bits per heavy atom. The first-order valence-electron chi connectivity index (χ1n) is 9.36. The molecule has 0 aromatic carbocycles. The van der Waals surface area contributed by atoms with Gasteiger partial charge in [0.05, 0.1) is 22.6 Å². The van der Waals surface area contributed by atoms with Crippen molar-refractivity contribution in [2.45, 2.75) is 26.7 Å². The van der Waals surface area contributed by atoms with Gasteiger partial charge in [-0.1, -0.05) is 6.92 Å². The molecule has 0 radical (unpaired) electrons. The molecule has 1 aliphatic heterocycles. The summed E-state index contributed by atoms with van der Waals surface area (Å²) < 4.78 is 1.71. The first kappa shape index (κ1) is 19.3. The lowest BCUT2D eigenvalue weighted by molar-refractivity contribution is -0.120. The van der Waals surface area contributed by atoms with E-state index in [0.717, 1.165) is 48.3 Å². The van der Waals surface area contributed by atoms with Gasteiger partial charge in [-0.15, -0.1) is 11.3 Å². The van der Waals surface area contributed by atoms with Crippen molar-refractivity contribution in [2.75, 3.05) is 37.6 Å². The van der Waals surface area contributed by atoms with Crippen LogP contribution in [0.15, 0.2) is 22.8 Å². The van der Waals surface area contributed by atoms with Crippen molar-refractivity contribution in [1.82, 2.24) is 25.0 Å². The second kappa shape index (κ2) is 8.98. The van der Waals surface area contributed by atoms with E-state index in [2.05, 4.69) is 27.7 Å². The zero-order valence-electron chi connectivity index (χ0n) is 16.2. The summed E-state index contributed by atoms with van der Waals surface area (Å²) in [7, 11) is 1.85. The number of carbonyl (C=O) groups excluding carboxylic acids is 1. The minimum Gasteiger partial charge on any atom is -0.357 e. The van der Waals surface area contributed by atoms with Crippen LogP contribution in [0.2, 0.25) is 0 Å². The van der Waals surface area contributed by atoms with E-state index in [1.165, 1.54) is 0 Å². The maximum Gasteiger partial charge on any atom is 0.246 e. The summed E-state index contributed by atoms with van der Waals surface area (Å²) in [5.74, 6) is 0.856. The number of carbonyl (C=O) groups is 1. The van der Waals surface area contributed by atoms with Crippen LogP contribution < -0.4 is 10.2 Å². The fraction of sp³-hybridized carbons (Fsp3) is 0.556. The van der Waals surface area contributed by atoms with E-state index in [4.69, 9.17) is 4.99 Å². The molecule has 0 aliphatic carbocycles. The summed E-state index contributed by atoms with van der Waals surface area (Å²) in [4.78, 5) is 25.7. The number of aromatic nitrogens is 3. The first-order valence-corrected chi connectivity index (χ1v) is 10.2. The molecular formula is C18H27N7OS. The molecule has 1 N–H and O–H groups in total. The minimum atomic E-state index is 0.0620. The molecule has 27 heavy (non-hydrogen) atoms. The van der Waals surface area contributed by atoms with Gasteiger partial charge >= 0.3 is 0 Å². The van der Waals surface area contributed by atoms with Gasteiger partial charge in [-0.3, -0.25) is 14.5 Å². The van der Waals surface area contributed by atoms with E-state index in [0.29, 0.717) is 19.6 Å². The molecule has 1 fully saturated rings. The summed E-state index contributed by atoms with van der Waals surface area (Å²) in [6.45, 7) is 7.27. The van der Waals surface area contributed by atoms with Crippen molar-refractivity contribution in [2.24, 2.45) is 12.0 Å². The zero-order valence-corrected chi connectivity index (χ0v) is 17.0. The topological polar surface area (TPSA) is 78.7 Å². The number of guanidine groups is 1. The van der Waals surface area contributed by atoms with Crippen LogP contribution in [0.25, 0.3) is 0 Å². The lowest BCUT2D eigenvalue weighted by Crippen LogP contribution is -2.55. The van der Waals surface area contributed by atoms with E-state index in [-0.39, 0.29) is 5.91 Å². The van der Waals surface area contributed by atoms with Crippen molar-refractivity contribution < 1.29 is 4.79 Å². The Bertz CT molecular complexity index is 797. The molecule has 8 nitrogen and oxygen atoms in total. The molecule has 2 aromatic rings. The molecule has 1 saturated heterocycles. The molecule has 146 valence electrons. The van der Waals surface area contributed by atoms with Gasteiger partial charge in [0.2, 0.25) is 5.91 Å². The van der Waals surface area contributed by atoms with E-state index < -0.39 is 0 Å². The highest BCUT2D eigenvalue weighted by molar-refractivity contribution is 7.09. The first-order chi connectivity index (χ1) is 13.1. The van der Waals surface area contributed by atoms with Crippen LogP contribution in [-0.4, -0.2) is 64.3 Å². The van der Waals surface area contributed by atoms with Gasteiger partial charge in [-0.05, 0) is 13.3 Å². The summed E-state index contributed by atoms with van der Waals surface area (Å²) in [6.07, 6.45) is 5.38. The van der Waals surface area contributed by atoms with Gasteiger partial charge < -0.3 is 15.1 Å². The lowest BCUT2D eigenvalue weighted by atomic mass is 10.3. The SMILES string of the molecule is CCNC(=NCCc1csc(CC)n1)N1CCN(c2cnn(C)c2)C(=O)C1. The number of aryl methyl sites for hydroxylation is 2. The second-order valence-corrected chi connectivity index (χ2v) is 7.35. The van der Waals surface area contributed by atoms with Crippen LogP contribution in [0.1, 0.15) is 24.5 Å². The average molecular weight is 390 g/mol. The Balaban J connectivity index is 1.60. The number of thiazole rings is 1. The quantitative estimate of drug-likeness (QED) is 0.595. The van der Waals surface area contributed by atoms with E-state index in [1.54, 1.807) is 27.1 Å². The van der Waals surface area contributed by atoms with Crippen LogP contribution >= 0.6 is 11.3 Å². The van der Waals surface area contributed by atoms with Gasteiger partial charge in [-0.2, -0.15) is 5.10 Å². The smallest absolute Gasteiger partial charge is 0.246 e. The largest absolute Gasteiger partial charge is 0.357 e. The number of aliphatic imine (C=N–C) groups is 1. The van der Waals surface area contributed by atoms with Crippen LogP contribution in [-0.2, 0) is 24.7 Å². The third-order valence-corrected chi connectivity index (χ3v) is 5.43. The molecule has 1 aliphatic rings. The lowest BCUT2D eigenvalue weighted by Gasteiger charge is -2.35. The standard InChI is InChI=1S/C18H27N7OS/c1-4-16-22-14(13-27-16)6-7-20-18(19-5-2)24-8-9-25(17(26)12-24)15-10-21-23(3)11-15/h10-11,13H,4-9,12H2,1-3H3,(H,19,20). The number of anilines is 1. The highest BCUT2D eigenvalue weighted by Gasteiger charge is 2.27.